The first-order chi connectivity index (χ1) is 11.1. The number of para-hydroxylation sites is 1. The van der Waals surface area contributed by atoms with Crippen molar-refractivity contribution in [2.45, 2.75) is 19.8 Å². The molecule has 124 valence electrons. The summed E-state index contributed by atoms with van der Waals surface area (Å²) in [4.78, 5) is 30.2. The van der Waals surface area contributed by atoms with Gasteiger partial charge < -0.3 is 15.1 Å². The van der Waals surface area contributed by atoms with Crippen LogP contribution in [0.4, 0.5) is 5.69 Å². The van der Waals surface area contributed by atoms with Crippen molar-refractivity contribution in [3.05, 3.63) is 29.3 Å². The van der Waals surface area contributed by atoms with Gasteiger partial charge in [0.05, 0.1) is 10.7 Å². The second-order valence-corrected chi connectivity index (χ2v) is 5.95. The first kappa shape index (κ1) is 17.3. The minimum absolute atomic E-state index is 0.111. The van der Waals surface area contributed by atoms with Gasteiger partial charge in [0.2, 0.25) is 0 Å². The minimum Gasteiger partial charge on any atom is -0.386 e. The first-order valence-electron chi connectivity index (χ1n) is 7.55. The standard InChI is InChI=1S/C16H20ClN3O3/c1-12-6-8-20(9-7-12)16(22)11-23-18-10-15(21)19-14-5-3-2-4-13(14)17/h2-5,10,12H,6-9,11H2,1H3,(H,19,21)/b18-10+. The van der Waals surface area contributed by atoms with Crippen LogP contribution in [0.3, 0.4) is 0 Å². The van der Waals surface area contributed by atoms with Gasteiger partial charge in [0.15, 0.2) is 6.61 Å². The Morgan fingerprint density at radius 3 is 2.78 bits per heavy atom. The molecule has 2 rings (SSSR count). The highest BCUT2D eigenvalue weighted by Crippen LogP contribution is 2.20. The molecule has 1 aromatic rings. The fraction of sp³-hybridized carbons (Fsp3) is 0.438. The summed E-state index contributed by atoms with van der Waals surface area (Å²) in [5.74, 6) is 0.0735. The van der Waals surface area contributed by atoms with E-state index in [1.807, 2.05) is 0 Å². The Hall–Kier alpha value is -2.08. The van der Waals surface area contributed by atoms with Gasteiger partial charge in [-0.15, -0.1) is 0 Å². The number of oxime groups is 1. The highest BCUT2D eigenvalue weighted by atomic mass is 35.5. The average molecular weight is 338 g/mol. The van der Waals surface area contributed by atoms with Gasteiger partial charge >= 0.3 is 0 Å². The number of nitrogens with zero attached hydrogens (tertiary/aromatic N) is 2. The normalized spacial score (nSPS) is 15.7. The topological polar surface area (TPSA) is 71.0 Å². The molecule has 1 aromatic carbocycles. The lowest BCUT2D eigenvalue weighted by atomic mass is 9.99. The molecule has 7 heteroatoms. The Bertz CT molecular complexity index is 584. The van der Waals surface area contributed by atoms with E-state index in [9.17, 15) is 9.59 Å². The zero-order chi connectivity index (χ0) is 16.7. The highest BCUT2D eigenvalue weighted by molar-refractivity contribution is 6.36. The molecule has 0 saturated carbocycles. The van der Waals surface area contributed by atoms with Gasteiger partial charge in [-0.05, 0) is 30.9 Å². The van der Waals surface area contributed by atoms with Crippen LogP contribution in [0.15, 0.2) is 29.4 Å². The quantitative estimate of drug-likeness (QED) is 0.663. The van der Waals surface area contributed by atoms with Crippen molar-refractivity contribution in [3.8, 4) is 0 Å². The number of benzene rings is 1. The maximum Gasteiger partial charge on any atom is 0.270 e. The summed E-state index contributed by atoms with van der Waals surface area (Å²) in [5.41, 5.74) is 0.490. The number of rotatable bonds is 5. The van der Waals surface area contributed by atoms with Crippen LogP contribution in [0.2, 0.25) is 5.02 Å². The number of amides is 2. The van der Waals surface area contributed by atoms with Gasteiger partial charge in [0.1, 0.15) is 6.21 Å². The van der Waals surface area contributed by atoms with Crippen molar-refractivity contribution < 1.29 is 14.4 Å². The highest BCUT2D eigenvalue weighted by Gasteiger charge is 2.20. The van der Waals surface area contributed by atoms with Gasteiger partial charge in [-0.3, -0.25) is 9.59 Å². The average Bonchev–Trinajstić information content (AvgIpc) is 2.54. The van der Waals surface area contributed by atoms with Crippen LogP contribution in [-0.4, -0.2) is 42.6 Å². The van der Waals surface area contributed by atoms with Crippen LogP contribution in [0, 0.1) is 5.92 Å². The summed E-state index contributed by atoms with van der Waals surface area (Å²) in [6, 6.07) is 6.87. The Labute approximate surface area is 140 Å². The number of hydrogen-bond acceptors (Lipinski definition) is 4. The third-order valence-corrected chi connectivity index (χ3v) is 4.03. The summed E-state index contributed by atoms with van der Waals surface area (Å²) in [5, 5.41) is 6.53. The SMILES string of the molecule is CC1CCN(C(=O)CO/N=C/C(=O)Nc2ccccc2Cl)CC1. The Morgan fingerprint density at radius 2 is 2.09 bits per heavy atom. The number of carbonyl (C=O) groups is 2. The monoisotopic (exact) mass is 337 g/mol. The maximum absolute atomic E-state index is 11.9. The zero-order valence-electron chi connectivity index (χ0n) is 13.0. The number of halogens is 1. The number of anilines is 1. The molecule has 1 fully saturated rings. The molecular formula is C16H20ClN3O3. The molecule has 1 aliphatic heterocycles. The van der Waals surface area contributed by atoms with E-state index in [0.29, 0.717) is 16.6 Å². The molecule has 0 atom stereocenters. The van der Waals surface area contributed by atoms with Crippen LogP contribution >= 0.6 is 11.6 Å². The van der Waals surface area contributed by atoms with Crippen molar-refractivity contribution in [3.63, 3.8) is 0 Å². The van der Waals surface area contributed by atoms with E-state index in [-0.39, 0.29) is 12.5 Å². The van der Waals surface area contributed by atoms with E-state index in [1.54, 1.807) is 29.2 Å². The first-order valence-corrected chi connectivity index (χ1v) is 7.92. The molecule has 0 bridgehead atoms. The molecule has 2 amide bonds. The van der Waals surface area contributed by atoms with Crippen molar-refractivity contribution in [2.24, 2.45) is 11.1 Å². The Morgan fingerprint density at radius 1 is 1.39 bits per heavy atom. The van der Waals surface area contributed by atoms with Gasteiger partial charge in [0, 0.05) is 13.1 Å². The number of carbonyl (C=O) groups excluding carboxylic acids is 2. The van der Waals surface area contributed by atoms with Gasteiger partial charge in [-0.25, -0.2) is 0 Å². The van der Waals surface area contributed by atoms with E-state index >= 15 is 0 Å². The second-order valence-electron chi connectivity index (χ2n) is 5.54. The van der Waals surface area contributed by atoms with Crippen molar-refractivity contribution in [1.29, 1.82) is 0 Å². The van der Waals surface area contributed by atoms with E-state index < -0.39 is 5.91 Å². The molecule has 1 aliphatic rings. The van der Waals surface area contributed by atoms with Gasteiger partial charge in [-0.2, -0.15) is 0 Å². The van der Waals surface area contributed by atoms with Gasteiger partial charge in [-0.1, -0.05) is 35.8 Å². The molecule has 1 heterocycles. The van der Waals surface area contributed by atoms with Crippen LogP contribution < -0.4 is 5.32 Å². The molecule has 23 heavy (non-hydrogen) atoms. The van der Waals surface area contributed by atoms with E-state index in [2.05, 4.69) is 17.4 Å². The van der Waals surface area contributed by atoms with Crippen molar-refractivity contribution in [2.75, 3.05) is 25.0 Å². The third-order valence-electron chi connectivity index (χ3n) is 3.70. The summed E-state index contributed by atoms with van der Waals surface area (Å²) in [7, 11) is 0. The molecule has 1 saturated heterocycles. The Kier molecular flexibility index (Phi) is 6.40. The third kappa shape index (κ3) is 5.56. The maximum atomic E-state index is 11.9. The Balaban J connectivity index is 1.71. The van der Waals surface area contributed by atoms with Crippen LogP contribution in [-0.2, 0) is 14.4 Å². The summed E-state index contributed by atoms with van der Waals surface area (Å²) >= 11 is 5.93. The van der Waals surface area contributed by atoms with Gasteiger partial charge in [0.25, 0.3) is 11.8 Å². The van der Waals surface area contributed by atoms with Crippen LogP contribution in [0.1, 0.15) is 19.8 Å². The largest absolute Gasteiger partial charge is 0.386 e. The predicted octanol–water partition coefficient (Wildman–Crippen LogP) is 2.54. The molecule has 6 nitrogen and oxygen atoms in total. The zero-order valence-corrected chi connectivity index (χ0v) is 13.8. The lowest BCUT2D eigenvalue weighted by Gasteiger charge is -2.29. The van der Waals surface area contributed by atoms with E-state index in [4.69, 9.17) is 16.4 Å². The molecule has 1 N–H and O–H groups in total. The number of likely N-dealkylation sites (tertiary alicyclic amines) is 1. The fourth-order valence-corrected chi connectivity index (χ4v) is 2.44. The molecule has 0 radical (unpaired) electrons. The van der Waals surface area contributed by atoms with Crippen LogP contribution in [0.25, 0.3) is 0 Å². The number of hydrogen-bond donors (Lipinski definition) is 1. The second kappa shape index (κ2) is 8.53. The fourth-order valence-electron chi connectivity index (χ4n) is 2.25. The van der Waals surface area contributed by atoms with Crippen LogP contribution in [0.5, 0.6) is 0 Å². The molecule has 0 aromatic heterocycles. The van der Waals surface area contributed by atoms with Crippen molar-refractivity contribution >= 4 is 35.3 Å². The molecule has 0 spiro atoms. The van der Waals surface area contributed by atoms with E-state index in [0.717, 1.165) is 32.1 Å². The summed E-state index contributed by atoms with van der Waals surface area (Å²) < 4.78 is 0. The number of piperidine rings is 1. The lowest BCUT2D eigenvalue weighted by Crippen LogP contribution is -2.39. The molecule has 0 aliphatic carbocycles. The predicted molar refractivity (Wildman–Crippen MR) is 89.5 cm³/mol. The summed E-state index contributed by atoms with van der Waals surface area (Å²) in [6.45, 7) is 3.52. The smallest absolute Gasteiger partial charge is 0.270 e. The molecule has 0 unspecified atom stereocenters. The molecular weight excluding hydrogens is 318 g/mol. The van der Waals surface area contributed by atoms with E-state index in [1.165, 1.54) is 0 Å². The van der Waals surface area contributed by atoms with Crippen molar-refractivity contribution in [1.82, 2.24) is 4.90 Å². The number of nitrogens with one attached hydrogen (secondary N) is 1. The minimum atomic E-state index is -0.475. The summed E-state index contributed by atoms with van der Waals surface area (Å²) in [6.07, 6.45) is 3.00. The lowest BCUT2D eigenvalue weighted by molar-refractivity contribution is -0.137.